The van der Waals surface area contributed by atoms with Gasteiger partial charge in [-0.3, -0.25) is 9.59 Å². The van der Waals surface area contributed by atoms with Gasteiger partial charge in [-0.25, -0.2) is 0 Å². The fourth-order valence-corrected chi connectivity index (χ4v) is 5.35. The number of carbonyl (C=O) groups is 2. The number of amides is 2. The second-order valence-corrected chi connectivity index (χ2v) is 12.4. The molecule has 0 saturated heterocycles. The van der Waals surface area contributed by atoms with E-state index in [-0.39, 0.29) is 34.9 Å². The van der Waals surface area contributed by atoms with Crippen molar-refractivity contribution in [3.8, 4) is 5.75 Å². The van der Waals surface area contributed by atoms with E-state index in [1.165, 1.54) is 0 Å². The van der Waals surface area contributed by atoms with Crippen molar-refractivity contribution in [2.24, 2.45) is 17.3 Å². The molecule has 0 radical (unpaired) electrons. The molecule has 31 heavy (non-hydrogen) atoms. The number of aromatic hydroxyl groups is 1. The molecule has 2 atom stereocenters. The summed E-state index contributed by atoms with van der Waals surface area (Å²) in [5.41, 5.74) is 1.07. The SMILES string of the molecule is CC(C)CC(Cc1ccc(O)cc1)C(=O)N[C@H](C)CSSCCNC(=O)CC(C)(C)C. The molecule has 0 spiro atoms. The maximum Gasteiger partial charge on any atom is 0.223 e. The molecule has 2 amide bonds. The molecule has 176 valence electrons. The Morgan fingerprint density at radius 2 is 1.71 bits per heavy atom. The van der Waals surface area contributed by atoms with Crippen LogP contribution in [-0.4, -0.2) is 41.0 Å². The van der Waals surface area contributed by atoms with Gasteiger partial charge in [0, 0.05) is 36.4 Å². The molecule has 0 heterocycles. The first-order chi connectivity index (χ1) is 14.5. The third-order valence-electron chi connectivity index (χ3n) is 4.53. The van der Waals surface area contributed by atoms with Gasteiger partial charge in [0.05, 0.1) is 0 Å². The Kier molecular flexibility index (Phi) is 12.5. The molecule has 0 aliphatic carbocycles. The second-order valence-electron chi connectivity index (χ2n) is 9.80. The average Bonchev–Trinajstić information content (AvgIpc) is 2.64. The Balaban J connectivity index is 2.34. The van der Waals surface area contributed by atoms with Gasteiger partial charge in [0.2, 0.25) is 11.8 Å². The van der Waals surface area contributed by atoms with Crippen LogP contribution in [-0.2, 0) is 16.0 Å². The lowest BCUT2D eigenvalue weighted by atomic mass is 9.90. The van der Waals surface area contributed by atoms with Gasteiger partial charge in [-0.2, -0.15) is 0 Å². The lowest BCUT2D eigenvalue weighted by Gasteiger charge is -2.22. The van der Waals surface area contributed by atoms with Crippen LogP contribution in [0.15, 0.2) is 24.3 Å². The predicted molar refractivity (Wildman–Crippen MR) is 134 cm³/mol. The minimum absolute atomic E-state index is 0.00925. The van der Waals surface area contributed by atoms with E-state index in [9.17, 15) is 14.7 Å². The number of phenolic OH excluding ortho intramolecular Hbond substituents is 1. The van der Waals surface area contributed by atoms with E-state index in [0.717, 1.165) is 23.5 Å². The van der Waals surface area contributed by atoms with Crippen molar-refractivity contribution in [1.82, 2.24) is 10.6 Å². The first-order valence-corrected chi connectivity index (χ1v) is 13.5. The van der Waals surface area contributed by atoms with Gasteiger partial charge in [0.15, 0.2) is 0 Å². The topological polar surface area (TPSA) is 78.4 Å². The van der Waals surface area contributed by atoms with E-state index >= 15 is 0 Å². The highest BCUT2D eigenvalue weighted by molar-refractivity contribution is 8.76. The molecule has 0 aliphatic heterocycles. The number of phenols is 1. The third kappa shape index (κ3) is 13.6. The number of rotatable bonds is 13. The summed E-state index contributed by atoms with van der Waals surface area (Å²) < 4.78 is 0. The highest BCUT2D eigenvalue weighted by Gasteiger charge is 2.22. The molecule has 1 unspecified atom stereocenters. The van der Waals surface area contributed by atoms with Crippen LogP contribution in [0.4, 0.5) is 0 Å². The van der Waals surface area contributed by atoms with Crippen molar-refractivity contribution in [3.05, 3.63) is 29.8 Å². The molecule has 7 heteroatoms. The van der Waals surface area contributed by atoms with Crippen LogP contribution in [0.3, 0.4) is 0 Å². The number of nitrogens with one attached hydrogen (secondary N) is 2. The monoisotopic (exact) mass is 468 g/mol. The van der Waals surface area contributed by atoms with Gasteiger partial charge in [-0.05, 0) is 48.8 Å². The Bertz CT molecular complexity index is 672. The lowest BCUT2D eigenvalue weighted by molar-refractivity contribution is -0.126. The van der Waals surface area contributed by atoms with E-state index in [0.29, 0.717) is 25.3 Å². The van der Waals surface area contributed by atoms with E-state index in [1.807, 2.05) is 19.1 Å². The molecule has 1 aromatic rings. The molecule has 1 rings (SSSR count). The van der Waals surface area contributed by atoms with Crippen LogP contribution >= 0.6 is 21.6 Å². The maximum absolute atomic E-state index is 12.9. The molecule has 0 saturated carbocycles. The first kappa shape index (κ1) is 27.7. The smallest absolute Gasteiger partial charge is 0.223 e. The van der Waals surface area contributed by atoms with Crippen molar-refractivity contribution in [2.75, 3.05) is 18.1 Å². The average molecular weight is 469 g/mol. The van der Waals surface area contributed by atoms with Gasteiger partial charge in [-0.1, -0.05) is 68.3 Å². The predicted octanol–water partition coefficient (Wildman–Crippen LogP) is 5.04. The number of hydrogen-bond acceptors (Lipinski definition) is 5. The summed E-state index contributed by atoms with van der Waals surface area (Å²) in [5, 5.41) is 15.6. The second kappa shape index (κ2) is 13.9. The van der Waals surface area contributed by atoms with Crippen molar-refractivity contribution in [3.63, 3.8) is 0 Å². The van der Waals surface area contributed by atoms with Crippen molar-refractivity contribution in [2.45, 2.75) is 66.8 Å². The minimum Gasteiger partial charge on any atom is -0.508 e. The number of hydrogen-bond donors (Lipinski definition) is 3. The first-order valence-electron chi connectivity index (χ1n) is 11.1. The van der Waals surface area contributed by atoms with Gasteiger partial charge >= 0.3 is 0 Å². The summed E-state index contributed by atoms with van der Waals surface area (Å²) in [6.07, 6.45) is 2.04. The molecular formula is C24H40N2O3S2. The van der Waals surface area contributed by atoms with E-state index in [2.05, 4.69) is 45.3 Å². The van der Waals surface area contributed by atoms with E-state index < -0.39 is 0 Å². The minimum atomic E-state index is -0.0809. The van der Waals surface area contributed by atoms with Crippen LogP contribution in [0, 0.1) is 17.3 Å². The van der Waals surface area contributed by atoms with Gasteiger partial charge < -0.3 is 15.7 Å². The quantitative estimate of drug-likeness (QED) is 0.279. The maximum atomic E-state index is 12.9. The highest BCUT2D eigenvalue weighted by Crippen LogP contribution is 2.23. The van der Waals surface area contributed by atoms with Crippen molar-refractivity contribution in [1.29, 1.82) is 0 Å². The van der Waals surface area contributed by atoms with Crippen LogP contribution in [0.5, 0.6) is 5.75 Å². The number of carbonyl (C=O) groups excluding carboxylic acids is 2. The Morgan fingerprint density at radius 3 is 2.29 bits per heavy atom. The van der Waals surface area contributed by atoms with Crippen LogP contribution < -0.4 is 10.6 Å². The highest BCUT2D eigenvalue weighted by atomic mass is 33.1. The molecule has 0 aliphatic rings. The Labute approximate surface area is 196 Å². The normalized spacial score (nSPS) is 13.6. The summed E-state index contributed by atoms with van der Waals surface area (Å²) in [4.78, 5) is 24.7. The largest absolute Gasteiger partial charge is 0.508 e. The van der Waals surface area contributed by atoms with Gasteiger partial charge in [0.1, 0.15) is 5.75 Å². The summed E-state index contributed by atoms with van der Waals surface area (Å²) in [7, 11) is 3.44. The summed E-state index contributed by atoms with van der Waals surface area (Å²) >= 11 is 0. The lowest BCUT2D eigenvalue weighted by Crippen LogP contribution is -2.39. The zero-order chi connectivity index (χ0) is 23.4. The van der Waals surface area contributed by atoms with Crippen LogP contribution in [0.1, 0.15) is 59.9 Å². The van der Waals surface area contributed by atoms with Crippen molar-refractivity contribution >= 4 is 33.4 Å². The molecule has 3 N–H and O–H groups in total. The standard InChI is InChI=1S/C24H40N2O3S2/c1-17(2)13-20(14-19-7-9-21(27)10-8-19)23(29)26-18(3)16-31-30-12-11-25-22(28)15-24(4,5)6/h7-10,17-18,20,27H,11-16H2,1-6H3,(H,25,28)(H,26,29)/t18-,20?/m1/s1. The molecule has 0 fully saturated rings. The zero-order valence-corrected chi connectivity index (χ0v) is 21.5. The molecule has 0 aromatic heterocycles. The fraction of sp³-hybridized carbons (Fsp3) is 0.667. The van der Waals surface area contributed by atoms with Gasteiger partial charge in [-0.15, -0.1) is 0 Å². The van der Waals surface area contributed by atoms with E-state index in [1.54, 1.807) is 33.7 Å². The third-order valence-corrected chi connectivity index (χ3v) is 7.12. The van der Waals surface area contributed by atoms with Crippen LogP contribution in [0.2, 0.25) is 0 Å². The van der Waals surface area contributed by atoms with Crippen molar-refractivity contribution < 1.29 is 14.7 Å². The zero-order valence-electron chi connectivity index (χ0n) is 19.9. The molecule has 5 nitrogen and oxygen atoms in total. The fourth-order valence-electron chi connectivity index (χ4n) is 3.16. The van der Waals surface area contributed by atoms with Gasteiger partial charge in [0.25, 0.3) is 0 Å². The van der Waals surface area contributed by atoms with Crippen LogP contribution in [0.25, 0.3) is 0 Å². The summed E-state index contributed by atoms with van der Waals surface area (Å²) in [6, 6.07) is 7.18. The molecular weight excluding hydrogens is 428 g/mol. The molecule has 0 bridgehead atoms. The molecule has 1 aromatic carbocycles. The van der Waals surface area contributed by atoms with E-state index in [4.69, 9.17) is 0 Å². The Morgan fingerprint density at radius 1 is 1.06 bits per heavy atom. The summed E-state index contributed by atoms with van der Waals surface area (Å²) in [5.74, 6) is 2.45. The Hall–Kier alpha value is -1.34. The summed E-state index contributed by atoms with van der Waals surface area (Å²) in [6.45, 7) is 13.1. The number of benzene rings is 1.